The third kappa shape index (κ3) is 2.81. The Morgan fingerprint density at radius 3 is 2.96 bits per heavy atom. The highest BCUT2D eigenvalue weighted by Crippen LogP contribution is 2.44. The van der Waals surface area contributed by atoms with Gasteiger partial charge in [0.25, 0.3) is 5.91 Å². The van der Waals surface area contributed by atoms with Gasteiger partial charge in [-0.1, -0.05) is 0 Å². The zero-order valence-corrected chi connectivity index (χ0v) is 13.8. The molecular formula is C18H26N2O3. The summed E-state index contributed by atoms with van der Waals surface area (Å²) in [5, 5.41) is 0. The summed E-state index contributed by atoms with van der Waals surface area (Å²) in [4.78, 5) is 17.8. The van der Waals surface area contributed by atoms with Gasteiger partial charge in [-0.3, -0.25) is 4.79 Å². The average molecular weight is 318 g/mol. The number of H-pyrrole nitrogens is 1. The van der Waals surface area contributed by atoms with Gasteiger partial charge in [0, 0.05) is 26.5 Å². The molecule has 126 valence electrons. The molecule has 1 aliphatic heterocycles. The number of likely N-dealkylation sites (tertiary alicyclic amines) is 1. The molecule has 1 N–H and O–H groups in total. The van der Waals surface area contributed by atoms with Gasteiger partial charge in [-0.25, -0.2) is 0 Å². The van der Waals surface area contributed by atoms with Gasteiger partial charge in [-0.2, -0.15) is 0 Å². The number of nitrogens with zero attached hydrogens (tertiary/aromatic N) is 1. The largest absolute Gasteiger partial charge is 0.378 e. The molecule has 2 aliphatic carbocycles. The molecule has 23 heavy (non-hydrogen) atoms. The maximum Gasteiger partial charge on any atom is 0.270 e. The Kier molecular flexibility index (Phi) is 3.93. The summed E-state index contributed by atoms with van der Waals surface area (Å²) in [6.07, 6.45) is 8.55. The molecule has 3 atom stereocenters. The number of hydrogen-bond acceptors (Lipinski definition) is 3. The molecule has 1 saturated heterocycles. The van der Waals surface area contributed by atoms with Crippen LogP contribution in [0.5, 0.6) is 0 Å². The molecule has 0 radical (unpaired) electrons. The molecule has 2 saturated carbocycles. The fourth-order valence-electron chi connectivity index (χ4n) is 4.23. The molecule has 0 aromatic carbocycles. The van der Waals surface area contributed by atoms with E-state index in [0.29, 0.717) is 5.69 Å². The summed E-state index contributed by atoms with van der Waals surface area (Å²) in [7, 11) is 1.79. The van der Waals surface area contributed by atoms with E-state index in [0.717, 1.165) is 44.8 Å². The standard InChI is InChI=1S/C18H26N2O3/c1-22-18-7-6-14(23-12-13-4-5-13)11-16(18)20(10-8-18)17(21)15-3-2-9-19-15/h2-3,9,13-14,16,19H,4-8,10-12H2,1H3/t14?,16?,18-/m1/s1. The van der Waals surface area contributed by atoms with E-state index in [1.807, 2.05) is 17.0 Å². The minimum atomic E-state index is -0.179. The Labute approximate surface area is 137 Å². The first kappa shape index (κ1) is 15.2. The Morgan fingerprint density at radius 1 is 1.39 bits per heavy atom. The number of aromatic amines is 1. The van der Waals surface area contributed by atoms with Gasteiger partial charge in [0.2, 0.25) is 0 Å². The number of carbonyl (C=O) groups is 1. The van der Waals surface area contributed by atoms with Crippen molar-refractivity contribution in [3.05, 3.63) is 24.0 Å². The lowest BCUT2D eigenvalue weighted by Gasteiger charge is -2.43. The summed E-state index contributed by atoms with van der Waals surface area (Å²) < 4.78 is 12.0. The molecular weight excluding hydrogens is 292 g/mol. The number of aromatic nitrogens is 1. The van der Waals surface area contributed by atoms with Gasteiger partial charge in [0.15, 0.2) is 0 Å². The van der Waals surface area contributed by atoms with E-state index in [1.54, 1.807) is 13.3 Å². The van der Waals surface area contributed by atoms with Crippen LogP contribution >= 0.6 is 0 Å². The Morgan fingerprint density at radius 2 is 2.26 bits per heavy atom. The average Bonchev–Trinajstić information content (AvgIpc) is 3.11. The number of carbonyl (C=O) groups excluding carboxylic acids is 1. The quantitative estimate of drug-likeness (QED) is 0.908. The molecule has 5 heteroatoms. The third-order valence-electron chi connectivity index (χ3n) is 5.90. The summed E-state index contributed by atoms with van der Waals surface area (Å²) in [5.74, 6) is 0.867. The fraction of sp³-hybridized carbons (Fsp3) is 0.722. The minimum absolute atomic E-state index is 0.0850. The van der Waals surface area contributed by atoms with Crippen LogP contribution < -0.4 is 0 Å². The maximum atomic E-state index is 12.8. The van der Waals surface area contributed by atoms with Crippen molar-refractivity contribution in [3.8, 4) is 0 Å². The molecule has 2 unspecified atom stereocenters. The van der Waals surface area contributed by atoms with Crippen LogP contribution in [-0.2, 0) is 9.47 Å². The predicted molar refractivity (Wildman–Crippen MR) is 86.3 cm³/mol. The van der Waals surface area contributed by atoms with Crippen LogP contribution in [0.4, 0.5) is 0 Å². The van der Waals surface area contributed by atoms with Crippen LogP contribution in [0.15, 0.2) is 18.3 Å². The first-order chi connectivity index (χ1) is 11.2. The van der Waals surface area contributed by atoms with E-state index in [9.17, 15) is 4.79 Å². The van der Waals surface area contributed by atoms with Crippen molar-refractivity contribution in [1.82, 2.24) is 9.88 Å². The molecule has 2 heterocycles. The van der Waals surface area contributed by atoms with Crippen molar-refractivity contribution in [1.29, 1.82) is 0 Å². The van der Waals surface area contributed by atoms with Crippen LogP contribution in [0.1, 0.15) is 49.0 Å². The van der Waals surface area contributed by atoms with Crippen molar-refractivity contribution in [2.45, 2.75) is 56.3 Å². The second kappa shape index (κ2) is 5.95. The summed E-state index contributed by atoms with van der Waals surface area (Å²) in [6, 6.07) is 3.84. The number of fused-ring (bicyclic) bond motifs is 1. The van der Waals surface area contributed by atoms with Gasteiger partial charge in [0.05, 0.1) is 17.7 Å². The molecule has 0 bridgehead atoms. The highest BCUT2D eigenvalue weighted by Gasteiger charge is 2.53. The SMILES string of the molecule is CO[C@@]12CCC(OCC3CC3)CC1N(C(=O)c1ccc[nH]1)CC2. The summed E-state index contributed by atoms with van der Waals surface area (Å²) in [6.45, 7) is 1.66. The van der Waals surface area contributed by atoms with Crippen LogP contribution in [0.2, 0.25) is 0 Å². The van der Waals surface area contributed by atoms with E-state index >= 15 is 0 Å². The van der Waals surface area contributed by atoms with E-state index < -0.39 is 0 Å². The topological polar surface area (TPSA) is 54.6 Å². The Bertz CT molecular complexity index is 555. The molecule has 1 aromatic heterocycles. The predicted octanol–water partition coefficient (Wildman–Crippen LogP) is 2.59. The van der Waals surface area contributed by atoms with Crippen LogP contribution in [0.3, 0.4) is 0 Å². The number of ether oxygens (including phenoxy) is 2. The molecule has 3 aliphatic rings. The molecule has 3 fully saturated rings. The van der Waals surface area contributed by atoms with Crippen molar-refractivity contribution in [3.63, 3.8) is 0 Å². The van der Waals surface area contributed by atoms with Gasteiger partial charge < -0.3 is 19.4 Å². The number of nitrogens with one attached hydrogen (secondary N) is 1. The second-order valence-corrected chi connectivity index (χ2v) is 7.29. The zero-order chi connectivity index (χ0) is 15.9. The van der Waals surface area contributed by atoms with Gasteiger partial charge in [0.1, 0.15) is 5.69 Å². The first-order valence-corrected chi connectivity index (χ1v) is 8.83. The zero-order valence-electron chi connectivity index (χ0n) is 13.8. The maximum absolute atomic E-state index is 12.8. The third-order valence-corrected chi connectivity index (χ3v) is 5.90. The van der Waals surface area contributed by atoms with Crippen LogP contribution in [-0.4, -0.2) is 53.8 Å². The van der Waals surface area contributed by atoms with E-state index in [-0.39, 0.29) is 23.7 Å². The highest BCUT2D eigenvalue weighted by atomic mass is 16.5. The fourth-order valence-corrected chi connectivity index (χ4v) is 4.23. The summed E-state index contributed by atoms with van der Waals surface area (Å²) >= 11 is 0. The van der Waals surface area contributed by atoms with Crippen molar-refractivity contribution in [2.75, 3.05) is 20.3 Å². The van der Waals surface area contributed by atoms with E-state index in [4.69, 9.17) is 9.47 Å². The van der Waals surface area contributed by atoms with Gasteiger partial charge >= 0.3 is 0 Å². The smallest absolute Gasteiger partial charge is 0.270 e. The highest BCUT2D eigenvalue weighted by molar-refractivity contribution is 5.93. The molecule has 1 aromatic rings. The molecule has 4 rings (SSSR count). The van der Waals surface area contributed by atoms with Crippen molar-refractivity contribution < 1.29 is 14.3 Å². The second-order valence-electron chi connectivity index (χ2n) is 7.29. The lowest BCUT2D eigenvalue weighted by Crippen LogP contribution is -2.53. The molecule has 1 amide bonds. The van der Waals surface area contributed by atoms with Crippen molar-refractivity contribution >= 4 is 5.91 Å². The number of amides is 1. The van der Waals surface area contributed by atoms with E-state index in [2.05, 4.69) is 4.98 Å². The number of rotatable bonds is 5. The number of hydrogen-bond donors (Lipinski definition) is 1. The monoisotopic (exact) mass is 318 g/mol. The summed E-state index contributed by atoms with van der Waals surface area (Å²) in [5.41, 5.74) is 0.486. The first-order valence-electron chi connectivity index (χ1n) is 8.83. The molecule has 5 nitrogen and oxygen atoms in total. The molecule has 0 spiro atoms. The Balaban J connectivity index is 1.48. The minimum Gasteiger partial charge on any atom is -0.378 e. The normalized spacial score (nSPS) is 33.7. The van der Waals surface area contributed by atoms with E-state index in [1.165, 1.54) is 12.8 Å². The van der Waals surface area contributed by atoms with Crippen molar-refractivity contribution in [2.24, 2.45) is 5.92 Å². The van der Waals surface area contributed by atoms with Crippen LogP contribution in [0.25, 0.3) is 0 Å². The Hall–Kier alpha value is -1.33. The van der Waals surface area contributed by atoms with Crippen LogP contribution in [0, 0.1) is 5.92 Å². The number of methoxy groups -OCH3 is 1. The van der Waals surface area contributed by atoms with Gasteiger partial charge in [-0.15, -0.1) is 0 Å². The van der Waals surface area contributed by atoms with Gasteiger partial charge in [-0.05, 0) is 56.6 Å². The lowest BCUT2D eigenvalue weighted by molar-refractivity contribution is -0.0977. The lowest BCUT2D eigenvalue weighted by atomic mass is 9.79.